The number of rotatable bonds is 61. The van der Waals surface area contributed by atoms with Gasteiger partial charge in [-0.15, -0.1) is 0 Å². The van der Waals surface area contributed by atoms with Crippen LogP contribution in [0.3, 0.4) is 0 Å². The fraction of sp³-hybridized carbons (Fsp3) is 0.693. The van der Waals surface area contributed by atoms with Crippen molar-refractivity contribution in [2.24, 2.45) is 0 Å². The Bertz CT molecular complexity index is 1670. The molecule has 0 radical (unpaired) electrons. The second kappa shape index (κ2) is 68.3. The monoisotopic (exact) mass is 1120 g/mol. The Labute approximate surface area is 501 Å². The molecule has 0 aromatic rings. The third-order valence-corrected chi connectivity index (χ3v) is 14.4. The molecule has 0 amide bonds. The van der Waals surface area contributed by atoms with Gasteiger partial charge in [0.2, 0.25) is 0 Å². The molecule has 0 spiro atoms. The number of hydrogen-bond acceptors (Lipinski definition) is 6. The van der Waals surface area contributed by atoms with E-state index in [0.717, 1.165) is 122 Å². The minimum absolute atomic E-state index is 0.0892. The second-order valence-corrected chi connectivity index (χ2v) is 22.3. The quantitative estimate of drug-likeness (QED) is 0.0261. The number of carbonyl (C=O) groups excluding carboxylic acids is 3. The lowest BCUT2D eigenvalue weighted by Gasteiger charge is -2.18. The Kier molecular flexibility index (Phi) is 64.8. The molecule has 0 aromatic heterocycles. The predicted molar refractivity (Wildman–Crippen MR) is 353 cm³/mol. The van der Waals surface area contributed by atoms with Crippen LogP contribution in [0.1, 0.15) is 316 Å². The lowest BCUT2D eigenvalue weighted by atomic mass is 10.0. The molecule has 81 heavy (non-hydrogen) atoms. The molecule has 0 N–H and O–H groups in total. The van der Waals surface area contributed by atoms with Gasteiger partial charge in [-0.2, -0.15) is 0 Å². The summed E-state index contributed by atoms with van der Waals surface area (Å²) in [7, 11) is 0. The van der Waals surface area contributed by atoms with Crippen LogP contribution in [-0.2, 0) is 28.6 Å². The Morgan fingerprint density at radius 2 is 0.481 bits per heavy atom. The Morgan fingerprint density at radius 3 is 0.778 bits per heavy atom. The smallest absolute Gasteiger partial charge is 0.306 e. The molecule has 0 heterocycles. The van der Waals surface area contributed by atoms with E-state index in [1.807, 2.05) is 0 Å². The van der Waals surface area contributed by atoms with Crippen LogP contribution in [0.15, 0.2) is 122 Å². The van der Waals surface area contributed by atoms with Crippen LogP contribution in [0.4, 0.5) is 0 Å². The highest BCUT2D eigenvalue weighted by Crippen LogP contribution is 2.16. The number of ether oxygens (including phenoxy) is 3. The van der Waals surface area contributed by atoms with Crippen molar-refractivity contribution in [1.82, 2.24) is 0 Å². The number of hydrogen-bond donors (Lipinski definition) is 0. The summed E-state index contributed by atoms with van der Waals surface area (Å²) in [5.41, 5.74) is 0. The first kappa shape index (κ1) is 76.8. The first-order valence-electron chi connectivity index (χ1n) is 34.0. The zero-order valence-electron chi connectivity index (χ0n) is 53.0. The van der Waals surface area contributed by atoms with Gasteiger partial charge in [0.1, 0.15) is 13.2 Å². The van der Waals surface area contributed by atoms with Crippen LogP contribution in [0.5, 0.6) is 0 Å². The lowest BCUT2D eigenvalue weighted by Crippen LogP contribution is -2.30. The van der Waals surface area contributed by atoms with E-state index in [9.17, 15) is 14.4 Å². The molecular weight excluding hydrogens is 997 g/mol. The van der Waals surface area contributed by atoms with E-state index in [1.54, 1.807) is 0 Å². The van der Waals surface area contributed by atoms with Crippen molar-refractivity contribution in [3.05, 3.63) is 122 Å². The van der Waals surface area contributed by atoms with Gasteiger partial charge in [-0.1, -0.05) is 290 Å². The van der Waals surface area contributed by atoms with Crippen molar-refractivity contribution in [3.63, 3.8) is 0 Å². The highest BCUT2D eigenvalue weighted by atomic mass is 16.6. The van der Waals surface area contributed by atoms with Crippen LogP contribution in [0, 0.1) is 0 Å². The lowest BCUT2D eigenvalue weighted by molar-refractivity contribution is -0.167. The van der Waals surface area contributed by atoms with Crippen molar-refractivity contribution in [1.29, 1.82) is 0 Å². The highest BCUT2D eigenvalue weighted by Gasteiger charge is 2.19. The molecule has 6 nitrogen and oxygen atoms in total. The largest absolute Gasteiger partial charge is 0.462 e. The van der Waals surface area contributed by atoms with Crippen LogP contribution < -0.4 is 0 Å². The molecule has 6 heteroatoms. The molecule has 0 bridgehead atoms. The van der Waals surface area contributed by atoms with Gasteiger partial charge in [0.15, 0.2) is 6.10 Å². The van der Waals surface area contributed by atoms with Gasteiger partial charge < -0.3 is 14.2 Å². The van der Waals surface area contributed by atoms with Crippen LogP contribution in [0.2, 0.25) is 0 Å². The molecule has 462 valence electrons. The van der Waals surface area contributed by atoms with Crippen molar-refractivity contribution < 1.29 is 28.6 Å². The second-order valence-electron chi connectivity index (χ2n) is 22.3. The first-order valence-corrected chi connectivity index (χ1v) is 34.0. The number of allylic oxidation sites excluding steroid dienone is 20. The van der Waals surface area contributed by atoms with E-state index in [1.165, 1.54) is 154 Å². The summed E-state index contributed by atoms with van der Waals surface area (Å²) in [6.45, 7) is 6.40. The molecule has 0 rings (SSSR count). The van der Waals surface area contributed by atoms with Gasteiger partial charge in [0, 0.05) is 19.3 Å². The zero-order chi connectivity index (χ0) is 58.5. The Balaban J connectivity index is 4.22. The van der Waals surface area contributed by atoms with Crippen molar-refractivity contribution in [3.8, 4) is 0 Å². The van der Waals surface area contributed by atoms with Crippen LogP contribution >= 0.6 is 0 Å². The molecule has 1 unspecified atom stereocenters. The summed E-state index contributed by atoms with van der Waals surface area (Å²) in [4.78, 5) is 38.3. The van der Waals surface area contributed by atoms with E-state index in [-0.39, 0.29) is 31.1 Å². The van der Waals surface area contributed by atoms with Crippen molar-refractivity contribution in [2.45, 2.75) is 322 Å². The summed E-state index contributed by atoms with van der Waals surface area (Å²) >= 11 is 0. The SMILES string of the molecule is CC/C=C\C/C=C\C/C=C\C/C=C\C/C=C\C/C=C\CCCCCCCCCCCCCCCCC(=O)OCC(COC(=O)CCCCC/C=C\C/C=C\C/C=C\CC)OC(=O)CCCCCCCCC/C=C\CCCCCCCC. The summed E-state index contributed by atoms with van der Waals surface area (Å²) in [6.07, 6.45) is 95.1. The zero-order valence-corrected chi connectivity index (χ0v) is 53.0. The maximum atomic E-state index is 12.9. The van der Waals surface area contributed by atoms with Gasteiger partial charge in [0.05, 0.1) is 0 Å². The van der Waals surface area contributed by atoms with Gasteiger partial charge >= 0.3 is 17.9 Å². The summed E-state index contributed by atoms with van der Waals surface area (Å²) in [5.74, 6) is -0.916. The summed E-state index contributed by atoms with van der Waals surface area (Å²) < 4.78 is 16.9. The van der Waals surface area contributed by atoms with Crippen molar-refractivity contribution >= 4 is 17.9 Å². The molecule has 1 atom stereocenters. The van der Waals surface area contributed by atoms with Gasteiger partial charge in [-0.05, 0) is 128 Å². The van der Waals surface area contributed by atoms with Gasteiger partial charge in [-0.25, -0.2) is 0 Å². The first-order chi connectivity index (χ1) is 40.0. The maximum absolute atomic E-state index is 12.9. The number of unbranched alkanes of at least 4 members (excludes halogenated alkanes) is 30. The molecule has 0 aromatic carbocycles. The molecular formula is C75H126O6. The average molecular weight is 1120 g/mol. The van der Waals surface area contributed by atoms with E-state index < -0.39 is 6.10 Å². The molecule has 0 aliphatic heterocycles. The normalized spacial score (nSPS) is 12.9. The molecule has 0 aliphatic rings. The fourth-order valence-corrected chi connectivity index (χ4v) is 9.40. The standard InChI is InChI=1S/C75H126O6/c1-4-7-10-13-16-19-22-25-27-29-30-31-32-33-34-35-36-37-38-39-40-41-42-43-44-46-47-50-53-56-59-62-65-68-74(77)80-71-72(70-79-73(76)67-64-61-58-55-52-49-24-21-18-15-12-9-6-3)81-75(78)69-66-63-60-57-54-51-48-45-28-26-23-20-17-14-11-8-5-2/h7,9-10,12,16,18-19,21,25-28,30-31,33-34,36-37,49,52,72H,4-6,8,11,13-15,17,20,22-24,29,32,35,38-48,50-51,53-71H2,1-3H3/b10-7-,12-9-,19-16-,21-18-,27-25-,28-26-,31-30-,34-33-,37-36-,52-49-. The van der Waals surface area contributed by atoms with Gasteiger partial charge in [0.25, 0.3) is 0 Å². The minimum atomic E-state index is -0.795. The maximum Gasteiger partial charge on any atom is 0.306 e. The Hall–Kier alpha value is -4.19. The minimum Gasteiger partial charge on any atom is -0.462 e. The van der Waals surface area contributed by atoms with Gasteiger partial charge in [-0.3, -0.25) is 14.4 Å². The van der Waals surface area contributed by atoms with Crippen LogP contribution in [-0.4, -0.2) is 37.2 Å². The highest BCUT2D eigenvalue weighted by molar-refractivity contribution is 5.71. The van der Waals surface area contributed by atoms with E-state index in [4.69, 9.17) is 14.2 Å². The predicted octanol–water partition coefficient (Wildman–Crippen LogP) is 23.6. The van der Waals surface area contributed by atoms with Crippen LogP contribution in [0.25, 0.3) is 0 Å². The summed E-state index contributed by atoms with van der Waals surface area (Å²) in [6, 6.07) is 0. The van der Waals surface area contributed by atoms with E-state index in [2.05, 4.69) is 142 Å². The Morgan fingerprint density at radius 1 is 0.259 bits per heavy atom. The molecule has 0 saturated carbocycles. The average Bonchev–Trinajstić information content (AvgIpc) is 3.46. The van der Waals surface area contributed by atoms with E-state index >= 15 is 0 Å². The van der Waals surface area contributed by atoms with E-state index in [0.29, 0.717) is 19.3 Å². The topological polar surface area (TPSA) is 78.9 Å². The molecule has 0 saturated heterocycles. The molecule has 0 aliphatic carbocycles. The molecule has 0 fully saturated rings. The number of esters is 3. The fourth-order valence-electron chi connectivity index (χ4n) is 9.40. The van der Waals surface area contributed by atoms with Crippen molar-refractivity contribution in [2.75, 3.05) is 13.2 Å². The third-order valence-electron chi connectivity index (χ3n) is 14.4. The third kappa shape index (κ3) is 66.5. The number of carbonyl (C=O) groups is 3. The summed E-state index contributed by atoms with van der Waals surface area (Å²) in [5, 5.41) is 0.